The molecule has 0 aromatic carbocycles. The molecule has 1 saturated heterocycles. The number of hydrogen-bond acceptors (Lipinski definition) is 2. The summed E-state index contributed by atoms with van der Waals surface area (Å²) in [5, 5.41) is 8.95. The molecule has 1 unspecified atom stereocenters. The smallest absolute Gasteiger partial charge is 0.320 e. The molecule has 5 heteroatoms. The summed E-state index contributed by atoms with van der Waals surface area (Å²) < 4.78 is 0. The number of carboxylic acids is 1. The van der Waals surface area contributed by atoms with E-state index in [4.69, 9.17) is 5.11 Å². The lowest BCUT2D eigenvalue weighted by Crippen LogP contribution is -2.47. The molecule has 5 nitrogen and oxygen atoms in total. The molecular weight excluding hydrogens is 268 g/mol. The summed E-state index contributed by atoms with van der Waals surface area (Å²) in [6.07, 6.45) is 4.83. The average molecular weight is 294 g/mol. The largest absolute Gasteiger partial charge is 0.481 e. The fourth-order valence-corrected chi connectivity index (χ4v) is 3.21. The van der Waals surface area contributed by atoms with Crippen LogP contribution in [0.2, 0.25) is 0 Å². The molecule has 0 saturated carbocycles. The van der Waals surface area contributed by atoms with Crippen LogP contribution in [0.5, 0.6) is 0 Å². The van der Waals surface area contributed by atoms with Crippen molar-refractivity contribution in [1.82, 2.24) is 9.80 Å². The van der Waals surface area contributed by atoms with E-state index in [1.165, 1.54) is 5.57 Å². The predicted molar refractivity (Wildman–Crippen MR) is 81.1 cm³/mol. The molecule has 2 aliphatic heterocycles. The van der Waals surface area contributed by atoms with Crippen LogP contribution in [-0.4, -0.2) is 52.6 Å². The van der Waals surface area contributed by atoms with Crippen molar-refractivity contribution >= 4 is 12.0 Å². The number of urea groups is 1. The summed E-state index contributed by atoms with van der Waals surface area (Å²) in [6, 6.07) is -0.133. The van der Waals surface area contributed by atoms with Gasteiger partial charge in [-0.1, -0.05) is 32.4 Å². The molecule has 2 aliphatic rings. The van der Waals surface area contributed by atoms with Crippen molar-refractivity contribution in [2.75, 3.05) is 19.6 Å². The zero-order valence-corrected chi connectivity index (χ0v) is 13.3. The summed E-state index contributed by atoms with van der Waals surface area (Å²) in [6.45, 7) is 8.64. The molecule has 1 atom stereocenters. The van der Waals surface area contributed by atoms with Crippen LogP contribution in [0.25, 0.3) is 0 Å². The van der Waals surface area contributed by atoms with Gasteiger partial charge in [0, 0.05) is 25.7 Å². The minimum Gasteiger partial charge on any atom is -0.481 e. The van der Waals surface area contributed by atoms with Crippen molar-refractivity contribution in [3.63, 3.8) is 0 Å². The van der Waals surface area contributed by atoms with Crippen molar-refractivity contribution in [2.24, 2.45) is 5.41 Å². The van der Waals surface area contributed by atoms with Crippen LogP contribution >= 0.6 is 0 Å². The monoisotopic (exact) mass is 294 g/mol. The van der Waals surface area contributed by atoms with Crippen molar-refractivity contribution in [1.29, 1.82) is 0 Å². The van der Waals surface area contributed by atoms with Gasteiger partial charge in [0.1, 0.15) is 0 Å². The lowest BCUT2D eigenvalue weighted by molar-refractivity contribution is -0.138. The summed E-state index contributed by atoms with van der Waals surface area (Å²) in [4.78, 5) is 27.1. The molecule has 2 rings (SSSR count). The van der Waals surface area contributed by atoms with E-state index in [0.29, 0.717) is 13.1 Å². The van der Waals surface area contributed by atoms with Gasteiger partial charge < -0.3 is 14.9 Å². The average Bonchev–Trinajstić information content (AvgIpc) is 2.84. The SMILES string of the molecule is CC(C)(C)C1=CCN(C(=O)N2CCCC2CC(=O)O)CC1. The lowest BCUT2D eigenvalue weighted by atomic mass is 9.83. The van der Waals surface area contributed by atoms with Crippen LogP contribution in [0, 0.1) is 5.41 Å². The Morgan fingerprint density at radius 1 is 1.33 bits per heavy atom. The number of amides is 2. The van der Waals surface area contributed by atoms with Crippen LogP contribution in [0.3, 0.4) is 0 Å². The van der Waals surface area contributed by atoms with Gasteiger partial charge in [0.05, 0.1) is 6.42 Å². The Labute approximate surface area is 126 Å². The molecule has 0 aliphatic carbocycles. The van der Waals surface area contributed by atoms with Crippen LogP contribution < -0.4 is 0 Å². The van der Waals surface area contributed by atoms with Gasteiger partial charge in [-0.2, -0.15) is 0 Å². The molecule has 21 heavy (non-hydrogen) atoms. The zero-order valence-electron chi connectivity index (χ0n) is 13.3. The van der Waals surface area contributed by atoms with E-state index in [9.17, 15) is 9.59 Å². The van der Waals surface area contributed by atoms with Crippen LogP contribution in [-0.2, 0) is 4.79 Å². The summed E-state index contributed by atoms with van der Waals surface area (Å²) in [5.74, 6) is -0.826. The zero-order chi connectivity index (χ0) is 15.6. The highest BCUT2D eigenvalue weighted by Gasteiger charge is 2.34. The van der Waals surface area contributed by atoms with E-state index in [2.05, 4.69) is 26.8 Å². The molecule has 2 heterocycles. The highest BCUT2D eigenvalue weighted by molar-refractivity contribution is 5.77. The minimum absolute atomic E-state index is 0.00274. The van der Waals surface area contributed by atoms with Crippen molar-refractivity contribution in [3.8, 4) is 0 Å². The first-order chi connectivity index (χ1) is 9.79. The van der Waals surface area contributed by atoms with Crippen molar-refractivity contribution in [2.45, 2.75) is 52.5 Å². The van der Waals surface area contributed by atoms with Gasteiger partial charge >= 0.3 is 12.0 Å². The third-order valence-electron chi connectivity index (χ3n) is 4.48. The van der Waals surface area contributed by atoms with Crippen LogP contribution in [0.4, 0.5) is 4.79 Å². The number of carbonyl (C=O) groups excluding carboxylic acids is 1. The first-order valence-corrected chi connectivity index (χ1v) is 7.76. The quantitative estimate of drug-likeness (QED) is 0.797. The van der Waals surface area contributed by atoms with Gasteiger partial charge in [0.2, 0.25) is 0 Å². The number of likely N-dealkylation sites (tertiary alicyclic amines) is 1. The normalized spacial score (nSPS) is 23.2. The molecule has 0 aromatic heterocycles. The Bertz CT molecular complexity index is 451. The van der Waals surface area contributed by atoms with Crippen LogP contribution in [0.15, 0.2) is 11.6 Å². The van der Waals surface area contributed by atoms with Crippen LogP contribution in [0.1, 0.15) is 46.5 Å². The Morgan fingerprint density at radius 3 is 2.57 bits per heavy atom. The summed E-state index contributed by atoms with van der Waals surface area (Å²) in [5.41, 5.74) is 1.56. The fourth-order valence-electron chi connectivity index (χ4n) is 3.21. The molecule has 0 bridgehead atoms. The maximum atomic E-state index is 12.6. The summed E-state index contributed by atoms with van der Waals surface area (Å²) >= 11 is 0. The molecular formula is C16H26N2O3. The first-order valence-electron chi connectivity index (χ1n) is 7.76. The van der Waals surface area contributed by atoms with Gasteiger partial charge in [-0.3, -0.25) is 4.79 Å². The Balaban J connectivity index is 1.98. The topological polar surface area (TPSA) is 60.9 Å². The van der Waals surface area contributed by atoms with Gasteiger partial charge in [-0.05, 0) is 24.7 Å². The molecule has 0 aromatic rings. The number of hydrogen-bond donors (Lipinski definition) is 1. The van der Waals surface area contributed by atoms with E-state index < -0.39 is 5.97 Å². The maximum absolute atomic E-state index is 12.6. The van der Waals surface area contributed by atoms with E-state index in [-0.39, 0.29) is 23.9 Å². The van der Waals surface area contributed by atoms with Crippen molar-refractivity contribution < 1.29 is 14.7 Å². The van der Waals surface area contributed by atoms with E-state index in [1.807, 2.05) is 4.90 Å². The van der Waals surface area contributed by atoms with Gasteiger partial charge in [-0.15, -0.1) is 0 Å². The second-order valence-electron chi connectivity index (χ2n) is 7.05. The standard InChI is InChI=1S/C16H26N2O3/c1-16(2,3)12-6-9-17(10-7-12)15(21)18-8-4-5-13(18)11-14(19)20/h6,13H,4-5,7-11H2,1-3H3,(H,19,20). The number of rotatable bonds is 2. The number of carboxylic acid groups (broad SMARTS) is 1. The second-order valence-corrected chi connectivity index (χ2v) is 7.05. The number of nitrogens with zero attached hydrogens (tertiary/aromatic N) is 2. The number of carbonyl (C=O) groups is 2. The van der Waals surface area contributed by atoms with E-state index >= 15 is 0 Å². The highest BCUT2D eigenvalue weighted by Crippen LogP contribution is 2.31. The highest BCUT2D eigenvalue weighted by atomic mass is 16.4. The fraction of sp³-hybridized carbons (Fsp3) is 0.750. The molecule has 0 radical (unpaired) electrons. The van der Waals surface area contributed by atoms with E-state index in [1.54, 1.807) is 4.90 Å². The first kappa shape index (κ1) is 15.9. The van der Waals surface area contributed by atoms with Gasteiger partial charge in [0.25, 0.3) is 0 Å². The van der Waals surface area contributed by atoms with Gasteiger partial charge in [-0.25, -0.2) is 4.79 Å². The Morgan fingerprint density at radius 2 is 2.05 bits per heavy atom. The molecule has 2 amide bonds. The number of aliphatic carboxylic acids is 1. The lowest BCUT2D eigenvalue weighted by Gasteiger charge is -2.35. The predicted octanol–water partition coefficient (Wildman–Crippen LogP) is 2.72. The third-order valence-corrected chi connectivity index (χ3v) is 4.48. The summed E-state index contributed by atoms with van der Waals surface area (Å²) in [7, 11) is 0. The Hall–Kier alpha value is -1.52. The molecule has 1 N–H and O–H groups in total. The third kappa shape index (κ3) is 3.77. The molecule has 0 spiro atoms. The maximum Gasteiger partial charge on any atom is 0.320 e. The second kappa shape index (κ2) is 6.08. The molecule has 1 fully saturated rings. The van der Waals surface area contributed by atoms with Crippen molar-refractivity contribution in [3.05, 3.63) is 11.6 Å². The van der Waals surface area contributed by atoms with E-state index in [0.717, 1.165) is 25.8 Å². The minimum atomic E-state index is -0.826. The Kier molecular flexibility index (Phi) is 4.59. The molecule has 118 valence electrons. The van der Waals surface area contributed by atoms with Gasteiger partial charge in [0.15, 0.2) is 0 Å².